The van der Waals surface area contributed by atoms with Gasteiger partial charge in [-0.1, -0.05) is 45.0 Å². The summed E-state index contributed by atoms with van der Waals surface area (Å²) in [4.78, 5) is 0. The number of aryl methyl sites for hydroxylation is 1. The average Bonchev–Trinajstić information content (AvgIpc) is 2.34. The van der Waals surface area contributed by atoms with Gasteiger partial charge in [0.25, 0.3) is 0 Å². The molecule has 1 aromatic carbocycles. The summed E-state index contributed by atoms with van der Waals surface area (Å²) >= 11 is 2.05. The zero-order valence-corrected chi connectivity index (χ0v) is 12.7. The van der Waals surface area contributed by atoms with Crippen LogP contribution in [0.3, 0.4) is 0 Å². The smallest absolute Gasteiger partial charge is 0.0859 e. The number of rotatable bonds is 3. The molecule has 0 amide bonds. The Labute approximate surface area is 115 Å². The molecule has 1 nitrogen and oxygen atoms in total. The van der Waals surface area contributed by atoms with Crippen LogP contribution in [0.2, 0.25) is 0 Å². The fourth-order valence-corrected chi connectivity index (χ4v) is 3.69. The molecular formula is C16H24OS. The highest BCUT2D eigenvalue weighted by Gasteiger charge is 2.30. The van der Waals surface area contributed by atoms with Crippen molar-refractivity contribution in [3.63, 3.8) is 0 Å². The molecule has 2 heteroatoms. The molecule has 0 bridgehead atoms. The highest BCUT2D eigenvalue weighted by atomic mass is 32.2. The summed E-state index contributed by atoms with van der Waals surface area (Å²) in [5, 5.41) is 0. The molecule has 0 N–H and O–H groups in total. The summed E-state index contributed by atoms with van der Waals surface area (Å²) in [5.41, 5.74) is 2.88. The topological polar surface area (TPSA) is 9.23 Å². The molecule has 1 aromatic rings. The van der Waals surface area contributed by atoms with E-state index in [0.29, 0.717) is 10.7 Å². The Morgan fingerprint density at radius 3 is 2.67 bits per heavy atom. The number of hydrogen-bond donors (Lipinski definition) is 0. The van der Waals surface area contributed by atoms with Crippen LogP contribution < -0.4 is 0 Å². The molecule has 18 heavy (non-hydrogen) atoms. The molecular weight excluding hydrogens is 240 g/mol. The maximum atomic E-state index is 5.78. The van der Waals surface area contributed by atoms with Crippen LogP contribution in [0.5, 0.6) is 0 Å². The summed E-state index contributed by atoms with van der Waals surface area (Å²) in [6, 6.07) is 8.74. The molecule has 0 heterocycles. The van der Waals surface area contributed by atoms with Crippen LogP contribution in [0.15, 0.2) is 24.3 Å². The maximum Gasteiger partial charge on any atom is 0.0859 e. The van der Waals surface area contributed by atoms with E-state index in [-0.39, 0.29) is 6.10 Å². The Balaban J connectivity index is 2.11. The monoisotopic (exact) mass is 264 g/mol. The summed E-state index contributed by atoms with van der Waals surface area (Å²) in [5.74, 6) is 1.84. The molecule has 2 atom stereocenters. The van der Waals surface area contributed by atoms with Gasteiger partial charge in [-0.05, 0) is 35.6 Å². The van der Waals surface area contributed by atoms with E-state index in [4.69, 9.17) is 4.74 Å². The number of benzene rings is 1. The molecule has 0 aromatic heterocycles. The fourth-order valence-electron chi connectivity index (χ4n) is 2.63. The Morgan fingerprint density at radius 1 is 1.28 bits per heavy atom. The van der Waals surface area contributed by atoms with Crippen molar-refractivity contribution in [3.05, 3.63) is 35.4 Å². The van der Waals surface area contributed by atoms with E-state index in [1.54, 1.807) is 0 Å². The highest BCUT2D eigenvalue weighted by molar-refractivity contribution is 8.00. The van der Waals surface area contributed by atoms with Gasteiger partial charge in [0.1, 0.15) is 0 Å². The Kier molecular flexibility index (Phi) is 4.39. The quantitative estimate of drug-likeness (QED) is 0.796. The van der Waals surface area contributed by atoms with Crippen molar-refractivity contribution >= 4 is 11.8 Å². The van der Waals surface area contributed by atoms with Crippen LogP contribution in [-0.2, 0) is 11.2 Å². The van der Waals surface area contributed by atoms with Crippen LogP contribution in [0, 0.1) is 5.92 Å². The van der Waals surface area contributed by atoms with E-state index in [0.717, 1.165) is 0 Å². The van der Waals surface area contributed by atoms with Crippen molar-refractivity contribution in [1.82, 2.24) is 0 Å². The van der Waals surface area contributed by atoms with Gasteiger partial charge in [0, 0.05) is 11.9 Å². The van der Waals surface area contributed by atoms with Crippen LogP contribution in [-0.4, -0.2) is 17.6 Å². The minimum absolute atomic E-state index is 0.282. The largest absolute Gasteiger partial charge is 0.376 e. The number of fused-ring (bicyclic) bond motifs is 1. The molecule has 1 aliphatic carbocycles. The van der Waals surface area contributed by atoms with E-state index in [9.17, 15) is 0 Å². The first-order valence-corrected chi connectivity index (χ1v) is 7.74. The van der Waals surface area contributed by atoms with Crippen molar-refractivity contribution in [3.8, 4) is 0 Å². The highest BCUT2D eigenvalue weighted by Crippen LogP contribution is 2.40. The van der Waals surface area contributed by atoms with Crippen LogP contribution in [0.25, 0.3) is 0 Å². The normalized spacial score (nSPS) is 23.8. The van der Waals surface area contributed by atoms with Crippen molar-refractivity contribution in [2.75, 3.05) is 12.9 Å². The number of hydrogen-bond acceptors (Lipinski definition) is 2. The van der Waals surface area contributed by atoms with Gasteiger partial charge >= 0.3 is 0 Å². The number of methoxy groups -OCH3 is 1. The Bertz CT molecular complexity index is 394. The van der Waals surface area contributed by atoms with Gasteiger partial charge in [0.15, 0.2) is 0 Å². The third-order valence-corrected chi connectivity index (χ3v) is 5.02. The summed E-state index contributed by atoms with van der Waals surface area (Å²) in [7, 11) is 1.85. The van der Waals surface area contributed by atoms with Gasteiger partial charge in [0.2, 0.25) is 0 Å². The lowest BCUT2D eigenvalue weighted by molar-refractivity contribution is 0.0497. The summed E-state index contributed by atoms with van der Waals surface area (Å²) in [6.45, 7) is 6.86. The Morgan fingerprint density at radius 2 is 2.00 bits per heavy atom. The lowest BCUT2D eigenvalue weighted by atomic mass is 9.82. The molecule has 100 valence electrons. The SMILES string of the molecule is COC1c2ccccc2CCC1CSC(C)(C)C. The Hall–Kier alpha value is -0.470. The van der Waals surface area contributed by atoms with Gasteiger partial charge in [-0.25, -0.2) is 0 Å². The first-order chi connectivity index (χ1) is 8.51. The predicted molar refractivity (Wildman–Crippen MR) is 80.2 cm³/mol. The van der Waals surface area contributed by atoms with E-state index in [1.807, 2.05) is 7.11 Å². The molecule has 0 saturated heterocycles. The van der Waals surface area contributed by atoms with Crippen molar-refractivity contribution < 1.29 is 4.74 Å². The molecule has 0 fully saturated rings. The molecule has 0 saturated carbocycles. The lowest BCUT2D eigenvalue weighted by Gasteiger charge is -2.34. The number of ether oxygens (including phenoxy) is 1. The van der Waals surface area contributed by atoms with Crippen LogP contribution >= 0.6 is 11.8 Å². The zero-order valence-electron chi connectivity index (χ0n) is 11.9. The van der Waals surface area contributed by atoms with E-state index < -0.39 is 0 Å². The molecule has 0 aliphatic heterocycles. The fraction of sp³-hybridized carbons (Fsp3) is 0.625. The molecule has 0 spiro atoms. The van der Waals surface area contributed by atoms with Gasteiger partial charge in [-0.2, -0.15) is 11.8 Å². The second-order valence-corrected chi connectivity index (χ2v) is 7.92. The van der Waals surface area contributed by atoms with Crippen molar-refractivity contribution in [2.24, 2.45) is 5.92 Å². The van der Waals surface area contributed by atoms with Crippen LogP contribution in [0.4, 0.5) is 0 Å². The van der Waals surface area contributed by atoms with Gasteiger partial charge in [-0.3, -0.25) is 0 Å². The van der Waals surface area contributed by atoms with Gasteiger partial charge in [0.05, 0.1) is 6.10 Å². The first kappa shape index (κ1) is 14.0. The average molecular weight is 264 g/mol. The van der Waals surface area contributed by atoms with Gasteiger partial charge in [-0.15, -0.1) is 0 Å². The maximum absolute atomic E-state index is 5.78. The van der Waals surface area contributed by atoms with E-state index in [1.165, 1.54) is 29.7 Å². The third kappa shape index (κ3) is 3.30. The summed E-state index contributed by atoms with van der Waals surface area (Å²) < 4.78 is 6.12. The van der Waals surface area contributed by atoms with E-state index in [2.05, 4.69) is 56.8 Å². The minimum atomic E-state index is 0.282. The first-order valence-electron chi connectivity index (χ1n) is 6.76. The second-order valence-electron chi connectivity index (χ2n) is 6.08. The minimum Gasteiger partial charge on any atom is -0.376 e. The van der Waals surface area contributed by atoms with Gasteiger partial charge < -0.3 is 4.74 Å². The second kappa shape index (κ2) is 5.66. The zero-order chi connectivity index (χ0) is 13.2. The molecule has 1 aliphatic rings. The number of thioether (sulfide) groups is 1. The molecule has 2 rings (SSSR count). The molecule has 0 radical (unpaired) electrons. The van der Waals surface area contributed by atoms with Crippen molar-refractivity contribution in [2.45, 2.75) is 44.5 Å². The predicted octanol–water partition coefficient (Wildman–Crippen LogP) is 4.47. The summed E-state index contributed by atoms with van der Waals surface area (Å²) in [6.07, 6.45) is 2.73. The van der Waals surface area contributed by atoms with Crippen LogP contribution in [0.1, 0.15) is 44.4 Å². The molecule has 2 unspecified atom stereocenters. The van der Waals surface area contributed by atoms with E-state index >= 15 is 0 Å². The third-order valence-electron chi connectivity index (χ3n) is 3.56. The lowest BCUT2D eigenvalue weighted by Crippen LogP contribution is -2.25. The standard InChI is InChI=1S/C16H24OS/c1-16(2,3)18-11-13-10-9-12-7-5-6-8-14(12)15(13)17-4/h5-8,13,15H,9-11H2,1-4H3. The van der Waals surface area contributed by atoms with Crippen molar-refractivity contribution in [1.29, 1.82) is 0 Å².